The lowest BCUT2D eigenvalue weighted by Gasteiger charge is -2.15. The summed E-state index contributed by atoms with van der Waals surface area (Å²) in [6.45, 7) is 0.465. The van der Waals surface area contributed by atoms with E-state index in [1.165, 1.54) is 28.7 Å². The molecule has 0 aliphatic rings. The highest BCUT2D eigenvalue weighted by Crippen LogP contribution is 2.06. The maximum Gasteiger partial charge on any atom is 0.377 e. The van der Waals surface area contributed by atoms with Crippen molar-refractivity contribution in [3.63, 3.8) is 0 Å². The number of aryl methyl sites for hydroxylation is 1. The number of aromatic nitrogens is 4. The number of halogens is 1. The third kappa shape index (κ3) is 3.85. The van der Waals surface area contributed by atoms with Crippen LogP contribution in [-0.2, 0) is 6.42 Å². The smallest absolute Gasteiger partial charge is 0.326 e. The second-order valence-corrected chi connectivity index (χ2v) is 5.86. The molecule has 0 spiro atoms. The molecule has 8 heteroatoms. The number of tetrazole rings is 1. The van der Waals surface area contributed by atoms with Crippen molar-refractivity contribution < 1.29 is 9.18 Å². The van der Waals surface area contributed by atoms with Crippen LogP contribution in [0.3, 0.4) is 0 Å². The second-order valence-electron chi connectivity index (χ2n) is 5.86. The van der Waals surface area contributed by atoms with Crippen LogP contribution in [0, 0.1) is 5.82 Å². The summed E-state index contributed by atoms with van der Waals surface area (Å²) in [4.78, 5) is 26.2. The number of hydrogen-bond donors (Lipinski definition) is 0. The Kier molecular flexibility index (Phi) is 5.21. The largest absolute Gasteiger partial charge is 0.377 e. The topological polar surface area (TPSA) is 73.0 Å². The lowest BCUT2D eigenvalue weighted by atomic mass is 10.1. The van der Waals surface area contributed by atoms with E-state index in [9.17, 15) is 14.0 Å². The van der Waals surface area contributed by atoms with Crippen LogP contribution in [0.25, 0.3) is 5.69 Å². The third-order valence-electron chi connectivity index (χ3n) is 3.94. The van der Waals surface area contributed by atoms with Gasteiger partial charge in [-0.15, -0.1) is 4.68 Å². The Hall–Kier alpha value is -3.29. The van der Waals surface area contributed by atoms with Gasteiger partial charge in [0.2, 0.25) is 0 Å². The van der Waals surface area contributed by atoms with Crippen LogP contribution >= 0.6 is 0 Å². The molecule has 1 aromatic heterocycles. The summed E-state index contributed by atoms with van der Waals surface area (Å²) in [5.41, 5.74) is 0.652. The molecular weight excluding hydrogens is 337 g/mol. The average Bonchev–Trinajstić information content (AvgIpc) is 3.03. The van der Waals surface area contributed by atoms with Crippen molar-refractivity contribution >= 4 is 6.03 Å². The first kappa shape index (κ1) is 17.5. The summed E-state index contributed by atoms with van der Waals surface area (Å²) in [5, 5.41) is 7.27. The fourth-order valence-electron chi connectivity index (χ4n) is 2.56. The number of amides is 1. The molecule has 0 aliphatic carbocycles. The van der Waals surface area contributed by atoms with Gasteiger partial charge in [-0.3, -0.25) is 0 Å². The minimum atomic E-state index is -0.740. The third-order valence-corrected chi connectivity index (χ3v) is 3.94. The zero-order valence-corrected chi connectivity index (χ0v) is 14.2. The Morgan fingerprint density at radius 2 is 1.88 bits per heavy atom. The van der Waals surface area contributed by atoms with Gasteiger partial charge in [0.15, 0.2) is 0 Å². The molecule has 1 heterocycles. The maximum absolute atomic E-state index is 13.3. The highest BCUT2D eigenvalue weighted by molar-refractivity contribution is 5.75. The zero-order chi connectivity index (χ0) is 18.5. The van der Waals surface area contributed by atoms with Crippen molar-refractivity contribution in [1.29, 1.82) is 0 Å². The maximum atomic E-state index is 13.3. The van der Waals surface area contributed by atoms with Crippen LogP contribution in [-0.4, -0.2) is 44.3 Å². The Bertz CT molecular complexity index is 951. The summed E-state index contributed by atoms with van der Waals surface area (Å²) >= 11 is 0. The quantitative estimate of drug-likeness (QED) is 0.657. The molecule has 0 fully saturated rings. The molecule has 0 saturated carbocycles. The molecule has 0 aliphatic heterocycles. The highest BCUT2D eigenvalue weighted by Gasteiger charge is 2.18. The second kappa shape index (κ2) is 7.73. The first-order valence-corrected chi connectivity index (χ1v) is 8.16. The van der Waals surface area contributed by atoms with Crippen LogP contribution in [0.2, 0.25) is 0 Å². The van der Waals surface area contributed by atoms with E-state index in [1.807, 2.05) is 30.3 Å². The normalized spacial score (nSPS) is 10.7. The number of hydrogen-bond acceptors (Lipinski definition) is 4. The molecule has 0 saturated heterocycles. The Morgan fingerprint density at radius 1 is 1.12 bits per heavy atom. The molecule has 0 radical (unpaired) electrons. The van der Waals surface area contributed by atoms with Crippen LogP contribution in [0.4, 0.5) is 9.18 Å². The molecule has 2 aromatic carbocycles. The predicted molar refractivity (Wildman–Crippen MR) is 93.8 cm³/mol. The van der Waals surface area contributed by atoms with Crippen molar-refractivity contribution in [3.8, 4) is 5.69 Å². The van der Waals surface area contributed by atoms with E-state index in [2.05, 4.69) is 10.4 Å². The van der Waals surface area contributed by atoms with Gasteiger partial charge < -0.3 is 4.90 Å². The van der Waals surface area contributed by atoms with Gasteiger partial charge in [-0.25, -0.2) is 14.0 Å². The zero-order valence-electron chi connectivity index (χ0n) is 14.2. The lowest BCUT2D eigenvalue weighted by molar-refractivity contribution is 0.205. The summed E-state index contributed by atoms with van der Waals surface area (Å²) in [6, 6.07) is 14.7. The average molecular weight is 355 g/mol. The van der Waals surface area contributed by atoms with E-state index in [1.54, 1.807) is 7.05 Å². The molecule has 3 rings (SSSR count). The predicted octanol–water partition coefficient (Wildman–Crippen LogP) is 2.10. The highest BCUT2D eigenvalue weighted by atomic mass is 19.1. The number of carbonyl (C=O) groups is 1. The molecule has 134 valence electrons. The Balaban J connectivity index is 1.67. The number of rotatable bonds is 5. The van der Waals surface area contributed by atoms with Gasteiger partial charge in [0.25, 0.3) is 0 Å². The molecule has 1 amide bonds. The molecule has 3 aromatic rings. The first-order chi connectivity index (χ1) is 12.6. The van der Waals surface area contributed by atoms with Gasteiger partial charge in [0, 0.05) is 13.6 Å². The summed E-state index contributed by atoms with van der Waals surface area (Å²) in [7, 11) is 1.60. The molecule has 0 unspecified atom stereocenters. The standard InChI is InChI=1S/C18H18FN5O2/c1-22(12-6-9-14-7-3-2-4-8-14)17(25)24-18(26)23(20-21-24)16-11-5-10-15(19)13-16/h2-5,7-8,10-11,13H,6,9,12H2,1H3. The summed E-state index contributed by atoms with van der Waals surface area (Å²) in [6.07, 6.45) is 1.57. The Labute approximate surface area is 149 Å². The number of carbonyl (C=O) groups excluding carboxylic acids is 1. The lowest BCUT2D eigenvalue weighted by Crippen LogP contribution is -2.39. The fraction of sp³-hybridized carbons (Fsp3) is 0.222. The van der Waals surface area contributed by atoms with Gasteiger partial charge >= 0.3 is 11.7 Å². The van der Waals surface area contributed by atoms with Crippen LogP contribution < -0.4 is 5.69 Å². The van der Waals surface area contributed by atoms with E-state index >= 15 is 0 Å². The molecule has 0 N–H and O–H groups in total. The molecule has 0 atom stereocenters. The molecular formula is C18H18FN5O2. The Morgan fingerprint density at radius 3 is 2.62 bits per heavy atom. The monoisotopic (exact) mass is 355 g/mol. The summed E-state index contributed by atoms with van der Waals surface area (Å²) < 4.78 is 14.9. The van der Waals surface area contributed by atoms with Crippen molar-refractivity contribution in [3.05, 3.63) is 76.5 Å². The van der Waals surface area contributed by atoms with E-state index < -0.39 is 17.5 Å². The van der Waals surface area contributed by atoms with Gasteiger partial charge in [0.05, 0.1) is 5.69 Å². The number of nitrogens with zero attached hydrogens (tertiary/aromatic N) is 5. The van der Waals surface area contributed by atoms with Gasteiger partial charge in [-0.1, -0.05) is 36.4 Å². The van der Waals surface area contributed by atoms with Crippen molar-refractivity contribution in [1.82, 2.24) is 24.7 Å². The van der Waals surface area contributed by atoms with E-state index in [0.29, 0.717) is 11.2 Å². The minimum absolute atomic E-state index is 0.209. The summed E-state index contributed by atoms with van der Waals surface area (Å²) in [5.74, 6) is -0.506. The van der Waals surface area contributed by atoms with Gasteiger partial charge in [-0.2, -0.15) is 4.68 Å². The van der Waals surface area contributed by atoms with E-state index in [-0.39, 0.29) is 5.69 Å². The van der Waals surface area contributed by atoms with Crippen molar-refractivity contribution in [2.24, 2.45) is 0 Å². The fourth-order valence-corrected chi connectivity index (χ4v) is 2.56. The van der Waals surface area contributed by atoms with Gasteiger partial charge in [0.1, 0.15) is 5.82 Å². The van der Waals surface area contributed by atoms with Crippen molar-refractivity contribution in [2.45, 2.75) is 12.8 Å². The SMILES string of the molecule is CN(CCCc1ccccc1)C(=O)n1nnn(-c2cccc(F)c2)c1=O. The number of benzene rings is 2. The minimum Gasteiger partial charge on any atom is -0.326 e. The molecule has 0 bridgehead atoms. The van der Waals surface area contributed by atoms with E-state index in [0.717, 1.165) is 23.6 Å². The van der Waals surface area contributed by atoms with Crippen molar-refractivity contribution in [2.75, 3.05) is 13.6 Å². The van der Waals surface area contributed by atoms with Crippen LogP contribution in [0.1, 0.15) is 12.0 Å². The van der Waals surface area contributed by atoms with E-state index in [4.69, 9.17) is 0 Å². The van der Waals surface area contributed by atoms with Crippen LogP contribution in [0.15, 0.2) is 59.4 Å². The first-order valence-electron chi connectivity index (χ1n) is 8.16. The van der Waals surface area contributed by atoms with Gasteiger partial charge in [-0.05, 0) is 47.0 Å². The van der Waals surface area contributed by atoms with Crippen LogP contribution in [0.5, 0.6) is 0 Å². The molecule has 7 nitrogen and oxygen atoms in total. The molecule has 26 heavy (non-hydrogen) atoms.